The van der Waals surface area contributed by atoms with Crippen LogP contribution in [-0.2, 0) is 11.0 Å². The van der Waals surface area contributed by atoms with E-state index in [-0.39, 0.29) is 21.2 Å². The van der Waals surface area contributed by atoms with E-state index in [4.69, 9.17) is 11.6 Å². The Kier molecular flexibility index (Phi) is 4.64. The van der Waals surface area contributed by atoms with Crippen LogP contribution in [0.3, 0.4) is 0 Å². The molecule has 1 heterocycles. The molecule has 2 aromatic carbocycles. The molecule has 1 atom stereocenters. The molecular formula is C17H12ClF3N2O3. The molecule has 1 unspecified atom stereocenters. The fourth-order valence-electron chi connectivity index (χ4n) is 2.74. The Morgan fingerprint density at radius 3 is 2.50 bits per heavy atom. The van der Waals surface area contributed by atoms with Crippen LogP contribution in [0.4, 0.5) is 13.2 Å². The third kappa shape index (κ3) is 3.25. The molecule has 1 saturated heterocycles. The summed E-state index contributed by atoms with van der Waals surface area (Å²) in [6.07, 6.45) is -5.98. The Balaban J connectivity index is 2.03. The van der Waals surface area contributed by atoms with Crippen LogP contribution >= 0.6 is 11.6 Å². The van der Waals surface area contributed by atoms with Crippen molar-refractivity contribution in [1.29, 1.82) is 0 Å². The lowest BCUT2D eigenvalue weighted by atomic mass is 10.1. The SMILES string of the molecule is O=C1CN(C(=O)c2ccccc2Cl)C(c2cccc(C(F)(F)F)c2)N1O. The first-order chi connectivity index (χ1) is 12.2. The van der Waals surface area contributed by atoms with Crippen LogP contribution in [0.15, 0.2) is 48.5 Å². The van der Waals surface area contributed by atoms with E-state index in [9.17, 15) is 28.0 Å². The molecule has 0 bridgehead atoms. The summed E-state index contributed by atoms with van der Waals surface area (Å²) < 4.78 is 38.9. The second-order valence-electron chi connectivity index (χ2n) is 5.65. The zero-order valence-electron chi connectivity index (χ0n) is 13.1. The van der Waals surface area contributed by atoms with Gasteiger partial charge in [-0.25, -0.2) is 0 Å². The van der Waals surface area contributed by atoms with E-state index >= 15 is 0 Å². The number of rotatable bonds is 2. The zero-order chi connectivity index (χ0) is 19.1. The van der Waals surface area contributed by atoms with Crippen LogP contribution in [0.25, 0.3) is 0 Å². The maximum atomic E-state index is 13.0. The van der Waals surface area contributed by atoms with Gasteiger partial charge < -0.3 is 4.90 Å². The minimum absolute atomic E-state index is 0.0476. The van der Waals surface area contributed by atoms with Crippen LogP contribution in [0.2, 0.25) is 5.02 Å². The van der Waals surface area contributed by atoms with Gasteiger partial charge in [0.15, 0.2) is 6.17 Å². The molecule has 1 N–H and O–H groups in total. The number of halogens is 4. The highest BCUT2D eigenvalue weighted by molar-refractivity contribution is 6.33. The topological polar surface area (TPSA) is 60.9 Å². The molecule has 1 aliphatic rings. The highest BCUT2D eigenvalue weighted by Crippen LogP contribution is 2.35. The summed E-state index contributed by atoms with van der Waals surface area (Å²) in [5.74, 6) is -1.49. The number of nitrogens with zero attached hydrogens (tertiary/aromatic N) is 2. The summed E-state index contributed by atoms with van der Waals surface area (Å²) in [5.41, 5.74) is -0.921. The molecule has 2 aromatic rings. The second kappa shape index (κ2) is 6.62. The lowest BCUT2D eigenvalue weighted by molar-refractivity contribution is -0.168. The van der Waals surface area contributed by atoms with E-state index in [2.05, 4.69) is 0 Å². The Hall–Kier alpha value is -2.58. The third-order valence-corrected chi connectivity index (χ3v) is 4.29. The van der Waals surface area contributed by atoms with Crippen LogP contribution in [0.5, 0.6) is 0 Å². The lowest BCUT2D eigenvalue weighted by Gasteiger charge is -2.27. The molecule has 1 fully saturated rings. The first kappa shape index (κ1) is 18.2. The van der Waals surface area contributed by atoms with Crippen molar-refractivity contribution in [1.82, 2.24) is 9.96 Å². The molecular weight excluding hydrogens is 373 g/mol. The molecule has 3 rings (SSSR count). The molecule has 0 spiro atoms. The van der Waals surface area contributed by atoms with Gasteiger partial charge in [0.1, 0.15) is 6.54 Å². The van der Waals surface area contributed by atoms with E-state index in [1.165, 1.54) is 18.2 Å². The highest BCUT2D eigenvalue weighted by Gasteiger charge is 2.42. The summed E-state index contributed by atoms with van der Waals surface area (Å²) in [7, 11) is 0. The average Bonchev–Trinajstić information content (AvgIpc) is 2.89. The van der Waals surface area contributed by atoms with E-state index < -0.39 is 36.3 Å². The van der Waals surface area contributed by atoms with E-state index in [1.54, 1.807) is 12.1 Å². The molecule has 0 aliphatic carbocycles. The summed E-state index contributed by atoms with van der Waals surface area (Å²) >= 11 is 5.99. The van der Waals surface area contributed by atoms with E-state index in [0.29, 0.717) is 0 Å². The smallest absolute Gasteiger partial charge is 0.302 e. The molecule has 0 radical (unpaired) electrons. The van der Waals surface area contributed by atoms with Crippen molar-refractivity contribution in [3.05, 3.63) is 70.2 Å². The van der Waals surface area contributed by atoms with Gasteiger partial charge in [0.05, 0.1) is 16.1 Å². The molecule has 26 heavy (non-hydrogen) atoms. The van der Waals surface area contributed by atoms with Crippen molar-refractivity contribution in [2.75, 3.05) is 6.54 Å². The second-order valence-corrected chi connectivity index (χ2v) is 6.06. The van der Waals surface area contributed by atoms with Crippen molar-refractivity contribution in [2.24, 2.45) is 0 Å². The molecule has 136 valence electrons. The minimum Gasteiger partial charge on any atom is -0.302 e. The number of carbonyl (C=O) groups is 2. The van der Waals surface area contributed by atoms with Crippen molar-refractivity contribution in [2.45, 2.75) is 12.3 Å². The minimum atomic E-state index is -4.60. The predicted octanol–water partition coefficient (Wildman–Crippen LogP) is 3.73. The molecule has 5 nitrogen and oxygen atoms in total. The van der Waals surface area contributed by atoms with Crippen LogP contribution in [-0.4, -0.2) is 33.5 Å². The van der Waals surface area contributed by atoms with Crippen LogP contribution in [0.1, 0.15) is 27.7 Å². The Morgan fingerprint density at radius 1 is 1.15 bits per heavy atom. The Labute approximate surface area is 151 Å². The van der Waals surface area contributed by atoms with Gasteiger partial charge in [-0.15, -0.1) is 0 Å². The summed E-state index contributed by atoms with van der Waals surface area (Å²) in [5, 5.41) is 10.4. The summed E-state index contributed by atoms with van der Waals surface area (Å²) in [6.45, 7) is -0.485. The monoisotopic (exact) mass is 384 g/mol. The highest BCUT2D eigenvalue weighted by atomic mass is 35.5. The maximum Gasteiger partial charge on any atom is 0.416 e. The molecule has 2 amide bonds. The number of hydrogen-bond donors (Lipinski definition) is 1. The predicted molar refractivity (Wildman–Crippen MR) is 85.3 cm³/mol. The van der Waals surface area contributed by atoms with Crippen LogP contribution in [0, 0.1) is 0 Å². The Bertz CT molecular complexity index is 872. The molecule has 0 saturated carbocycles. The van der Waals surface area contributed by atoms with Crippen molar-refractivity contribution < 1.29 is 28.0 Å². The first-order valence-electron chi connectivity index (χ1n) is 7.43. The first-order valence-corrected chi connectivity index (χ1v) is 7.81. The van der Waals surface area contributed by atoms with E-state index in [0.717, 1.165) is 23.1 Å². The van der Waals surface area contributed by atoms with Crippen molar-refractivity contribution in [3.8, 4) is 0 Å². The Morgan fingerprint density at radius 2 is 1.85 bits per heavy atom. The van der Waals surface area contributed by atoms with Gasteiger partial charge in [0, 0.05) is 0 Å². The summed E-state index contributed by atoms with van der Waals surface area (Å²) in [4.78, 5) is 25.6. The van der Waals surface area contributed by atoms with Crippen molar-refractivity contribution >= 4 is 23.4 Å². The number of amides is 2. The van der Waals surface area contributed by atoms with Crippen molar-refractivity contribution in [3.63, 3.8) is 0 Å². The average molecular weight is 385 g/mol. The van der Waals surface area contributed by atoms with E-state index in [1.807, 2.05) is 0 Å². The van der Waals surface area contributed by atoms with Gasteiger partial charge in [0.25, 0.3) is 11.8 Å². The quantitative estimate of drug-likeness (QED) is 0.802. The normalized spacial score (nSPS) is 17.7. The van der Waals surface area contributed by atoms with Gasteiger partial charge in [-0.05, 0) is 29.8 Å². The fraction of sp³-hybridized carbons (Fsp3) is 0.176. The molecule has 9 heteroatoms. The number of hydrogen-bond acceptors (Lipinski definition) is 3. The number of hydroxylamine groups is 2. The number of benzene rings is 2. The van der Waals surface area contributed by atoms with Gasteiger partial charge in [-0.1, -0.05) is 35.9 Å². The molecule has 1 aliphatic heterocycles. The van der Waals surface area contributed by atoms with Crippen LogP contribution < -0.4 is 0 Å². The van der Waals surface area contributed by atoms with Gasteiger partial charge in [-0.2, -0.15) is 18.2 Å². The number of alkyl halides is 3. The third-order valence-electron chi connectivity index (χ3n) is 3.97. The number of carbonyl (C=O) groups excluding carboxylic acids is 2. The van der Waals surface area contributed by atoms with Gasteiger partial charge in [0.2, 0.25) is 0 Å². The largest absolute Gasteiger partial charge is 0.416 e. The summed E-state index contributed by atoms with van der Waals surface area (Å²) in [6, 6.07) is 10.2. The zero-order valence-corrected chi connectivity index (χ0v) is 13.8. The fourth-order valence-corrected chi connectivity index (χ4v) is 2.96. The maximum absolute atomic E-state index is 13.0. The lowest BCUT2D eigenvalue weighted by Crippen LogP contribution is -2.34. The standard InChI is InChI=1S/C17H12ClF3N2O3/c18-13-7-2-1-6-12(13)16(25)22-9-14(24)23(26)15(22)10-4-3-5-11(8-10)17(19,20)21/h1-8,15,26H,9H2. The van der Waals surface area contributed by atoms with Gasteiger partial charge in [-0.3, -0.25) is 14.8 Å². The van der Waals surface area contributed by atoms with Gasteiger partial charge >= 0.3 is 6.18 Å². The molecule has 0 aromatic heterocycles.